The molecular weight excluding hydrogens is 134 g/mol. The van der Waals surface area contributed by atoms with Crippen LogP contribution >= 0.6 is 0 Å². The van der Waals surface area contributed by atoms with E-state index < -0.39 is 0 Å². The second kappa shape index (κ2) is 5.59. The zero-order chi connectivity index (χ0) is 8.74. The van der Waals surface area contributed by atoms with Crippen molar-refractivity contribution in [2.45, 2.75) is 52.9 Å². The maximum atomic E-state index is 5.43. The highest BCUT2D eigenvalue weighted by molar-refractivity contribution is 4.67. The minimum Gasteiger partial charge on any atom is -0.330 e. The van der Waals surface area contributed by atoms with E-state index in [9.17, 15) is 0 Å². The van der Waals surface area contributed by atoms with Gasteiger partial charge in [-0.25, -0.2) is 0 Å². The molecule has 0 aromatic carbocycles. The monoisotopic (exact) mass is 157 g/mol. The first kappa shape index (κ1) is 11.0. The van der Waals surface area contributed by atoms with Crippen molar-refractivity contribution < 1.29 is 0 Å². The predicted molar refractivity (Wildman–Crippen MR) is 51.6 cm³/mol. The normalized spacial score (nSPS) is 12.0. The van der Waals surface area contributed by atoms with Gasteiger partial charge in [-0.15, -0.1) is 0 Å². The predicted octanol–water partition coefficient (Wildman–Crippen LogP) is 2.94. The Morgan fingerprint density at radius 3 is 2.18 bits per heavy atom. The Bertz CT molecular complexity index is 86.9. The van der Waals surface area contributed by atoms with Gasteiger partial charge in [0.15, 0.2) is 0 Å². The Morgan fingerprint density at radius 1 is 1.09 bits per heavy atom. The van der Waals surface area contributed by atoms with Gasteiger partial charge in [0.25, 0.3) is 0 Å². The Balaban J connectivity index is 3.38. The molecule has 0 aliphatic carbocycles. The van der Waals surface area contributed by atoms with E-state index in [4.69, 9.17) is 5.73 Å². The molecule has 11 heavy (non-hydrogen) atoms. The van der Waals surface area contributed by atoms with E-state index >= 15 is 0 Å². The summed E-state index contributed by atoms with van der Waals surface area (Å²) in [5.74, 6) is 0. The van der Waals surface area contributed by atoms with E-state index in [0.29, 0.717) is 5.41 Å². The highest BCUT2D eigenvalue weighted by atomic mass is 14.5. The highest BCUT2D eigenvalue weighted by Crippen LogP contribution is 2.28. The van der Waals surface area contributed by atoms with Crippen LogP contribution in [0.25, 0.3) is 0 Å². The zero-order valence-corrected chi connectivity index (χ0v) is 8.32. The summed E-state index contributed by atoms with van der Waals surface area (Å²) < 4.78 is 0. The van der Waals surface area contributed by atoms with Crippen LogP contribution in [0.15, 0.2) is 0 Å². The molecule has 0 heterocycles. The molecule has 0 fully saturated rings. The molecule has 0 saturated carbocycles. The van der Waals surface area contributed by atoms with Crippen LogP contribution in [0.2, 0.25) is 0 Å². The summed E-state index contributed by atoms with van der Waals surface area (Å²) >= 11 is 0. The number of hydrogen-bond acceptors (Lipinski definition) is 1. The molecule has 0 rings (SSSR count). The minimum atomic E-state index is 0.546. The van der Waals surface area contributed by atoms with Crippen LogP contribution in [-0.4, -0.2) is 6.54 Å². The molecule has 0 aliphatic rings. The van der Waals surface area contributed by atoms with Crippen molar-refractivity contribution in [2.24, 2.45) is 11.1 Å². The van der Waals surface area contributed by atoms with E-state index in [2.05, 4.69) is 20.8 Å². The van der Waals surface area contributed by atoms with Gasteiger partial charge in [0.05, 0.1) is 0 Å². The molecule has 0 aromatic rings. The Hall–Kier alpha value is -0.0400. The van der Waals surface area contributed by atoms with E-state index in [1.165, 1.54) is 32.1 Å². The molecule has 0 aromatic heterocycles. The lowest BCUT2D eigenvalue weighted by molar-refractivity contribution is 0.294. The fourth-order valence-corrected chi connectivity index (χ4v) is 1.55. The Labute approximate surface area is 71.4 Å². The van der Waals surface area contributed by atoms with Crippen LogP contribution < -0.4 is 5.73 Å². The molecule has 2 N–H and O–H groups in total. The third kappa shape index (κ3) is 6.36. The topological polar surface area (TPSA) is 26.0 Å². The molecule has 0 saturated heterocycles. The maximum Gasteiger partial charge on any atom is -0.00773 e. The molecule has 0 spiro atoms. The first-order valence-electron chi connectivity index (χ1n) is 4.82. The van der Waals surface area contributed by atoms with Crippen molar-refractivity contribution >= 4 is 0 Å². The van der Waals surface area contributed by atoms with Crippen LogP contribution in [-0.2, 0) is 0 Å². The number of hydrogen-bond donors (Lipinski definition) is 1. The fourth-order valence-electron chi connectivity index (χ4n) is 1.55. The van der Waals surface area contributed by atoms with Gasteiger partial charge in [0.1, 0.15) is 0 Å². The van der Waals surface area contributed by atoms with E-state index in [-0.39, 0.29) is 0 Å². The fraction of sp³-hybridized carbons (Fsp3) is 1.00. The second-order valence-electron chi connectivity index (χ2n) is 4.16. The van der Waals surface area contributed by atoms with Crippen LogP contribution in [0.5, 0.6) is 0 Å². The molecule has 0 unspecified atom stereocenters. The molecular formula is C10H23N. The van der Waals surface area contributed by atoms with Crippen molar-refractivity contribution in [3.8, 4) is 0 Å². The van der Waals surface area contributed by atoms with Crippen LogP contribution in [0.1, 0.15) is 52.9 Å². The lowest BCUT2D eigenvalue weighted by Gasteiger charge is -2.23. The number of rotatable bonds is 6. The molecule has 0 bridgehead atoms. The van der Waals surface area contributed by atoms with Gasteiger partial charge in [-0.05, 0) is 31.2 Å². The van der Waals surface area contributed by atoms with Crippen molar-refractivity contribution in [3.63, 3.8) is 0 Å². The second-order valence-corrected chi connectivity index (χ2v) is 4.16. The van der Waals surface area contributed by atoms with Crippen molar-refractivity contribution in [2.75, 3.05) is 6.54 Å². The lowest BCUT2D eigenvalue weighted by Crippen LogP contribution is -2.11. The Morgan fingerprint density at radius 2 is 1.73 bits per heavy atom. The summed E-state index contributed by atoms with van der Waals surface area (Å²) in [6.07, 6.45) is 6.46. The number of unbranched alkanes of at least 4 members (excludes halogenated alkanes) is 1. The summed E-state index contributed by atoms with van der Waals surface area (Å²) in [4.78, 5) is 0. The minimum absolute atomic E-state index is 0.546. The molecule has 68 valence electrons. The van der Waals surface area contributed by atoms with E-state index in [0.717, 1.165) is 6.54 Å². The first-order valence-corrected chi connectivity index (χ1v) is 4.82. The highest BCUT2D eigenvalue weighted by Gasteiger charge is 2.14. The van der Waals surface area contributed by atoms with E-state index in [1.807, 2.05) is 0 Å². The summed E-state index contributed by atoms with van der Waals surface area (Å²) in [6, 6.07) is 0. The van der Waals surface area contributed by atoms with E-state index in [1.54, 1.807) is 0 Å². The maximum absolute atomic E-state index is 5.43. The lowest BCUT2D eigenvalue weighted by atomic mass is 9.83. The SMILES string of the molecule is CCCC(C)(C)CCCCN. The molecule has 1 heteroatoms. The number of nitrogens with two attached hydrogens (primary N) is 1. The van der Waals surface area contributed by atoms with Gasteiger partial charge in [0.2, 0.25) is 0 Å². The standard InChI is InChI=1S/C10H23N/c1-4-7-10(2,3)8-5-6-9-11/h4-9,11H2,1-3H3. The summed E-state index contributed by atoms with van der Waals surface area (Å²) in [7, 11) is 0. The van der Waals surface area contributed by atoms with Gasteiger partial charge in [-0.1, -0.05) is 33.6 Å². The van der Waals surface area contributed by atoms with Gasteiger partial charge in [0, 0.05) is 0 Å². The zero-order valence-electron chi connectivity index (χ0n) is 8.32. The molecule has 0 aliphatic heterocycles. The molecule has 0 amide bonds. The van der Waals surface area contributed by atoms with Crippen molar-refractivity contribution in [1.82, 2.24) is 0 Å². The van der Waals surface area contributed by atoms with Gasteiger partial charge in [-0.2, -0.15) is 0 Å². The van der Waals surface area contributed by atoms with Crippen LogP contribution in [0.4, 0.5) is 0 Å². The smallest absolute Gasteiger partial charge is 0.00773 e. The largest absolute Gasteiger partial charge is 0.330 e. The summed E-state index contributed by atoms with van der Waals surface area (Å²) in [6.45, 7) is 7.81. The quantitative estimate of drug-likeness (QED) is 0.589. The molecule has 1 nitrogen and oxygen atoms in total. The summed E-state index contributed by atoms with van der Waals surface area (Å²) in [5.41, 5.74) is 5.98. The summed E-state index contributed by atoms with van der Waals surface area (Å²) in [5, 5.41) is 0. The molecule has 0 radical (unpaired) electrons. The Kier molecular flexibility index (Phi) is 5.57. The first-order chi connectivity index (χ1) is 5.12. The van der Waals surface area contributed by atoms with Crippen LogP contribution in [0.3, 0.4) is 0 Å². The van der Waals surface area contributed by atoms with Crippen LogP contribution in [0, 0.1) is 5.41 Å². The molecule has 0 atom stereocenters. The third-order valence-electron chi connectivity index (χ3n) is 2.23. The van der Waals surface area contributed by atoms with Crippen molar-refractivity contribution in [1.29, 1.82) is 0 Å². The third-order valence-corrected chi connectivity index (χ3v) is 2.23. The average Bonchev–Trinajstić information content (AvgIpc) is 1.87. The van der Waals surface area contributed by atoms with Gasteiger partial charge in [-0.3, -0.25) is 0 Å². The van der Waals surface area contributed by atoms with Crippen molar-refractivity contribution in [3.05, 3.63) is 0 Å². The van der Waals surface area contributed by atoms with Gasteiger partial charge >= 0.3 is 0 Å². The average molecular weight is 157 g/mol. The van der Waals surface area contributed by atoms with Gasteiger partial charge < -0.3 is 5.73 Å².